The number of aromatic nitrogens is 2. The van der Waals surface area contributed by atoms with Gasteiger partial charge in [-0.1, -0.05) is 13.0 Å². The first-order valence-electron chi connectivity index (χ1n) is 10.5. The smallest absolute Gasteiger partial charge is 0.266 e. The number of carbonyl (C=O) groups excluding carboxylic acids is 2. The summed E-state index contributed by atoms with van der Waals surface area (Å²) in [5, 5.41) is 0. The zero-order valence-corrected chi connectivity index (χ0v) is 18.5. The summed E-state index contributed by atoms with van der Waals surface area (Å²) in [6, 6.07) is 8.49. The number of hydrogen-bond donors (Lipinski definition) is 1. The lowest BCUT2D eigenvalue weighted by Crippen LogP contribution is -2.41. The van der Waals surface area contributed by atoms with Crippen molar-refractivity contribution in [3.63, 3.8) is 0 Å². The fourth-order valence-corrected chi connectivity index (χ4v) is 4.11. The van der Waals surface area contributed by atoms with Crippen molar-refractivity contribution in [2.75, 3.05) is 7.05 Å². The minimum atomic E-state index is -1.65. The van der Waals surface area contributed by atoms with E-state index in [0.717, 1.165) is 6.07 Å². The molecule has 0 bridgehead atoms. The first kappa shape index (κ1) is 22.3. The van der Waals surface area contributed by atoms with Gasteiger partial charge in [0, 0.05) is 49.1 Å². The summed E-state index contributed by atoms with van der Waals surface area (Å²) in [6.45, 7) is 4.13. The van der Waals surface area contributed by atoms with Gasteiger partial charge in [-0.3, -0.25) is 14.5 Å². The molecule has 0 saturated carbocycles. The Morgan fingerprint density at radius 3 is 2.48 bits per heavy atom. The molecule has 0 spiro atoms. The Balaban J connectivity index is 2.00. The monoisotopic (exact) mass is 451 g/mol. The van der Waals surface area contributed by atoms with E-state index in [1.807, 2.05) is 6.92 Å². The second-order valence-corrected chi connectivity index (χ2v) is 7.76. The normalized spacial score (nSPS) is 18.0. The first-order valence-corrected chi connectivity index (χ1v) is 10.5. The van der Waals surface area contributed by atoms with Crippen LogP contribution in [0.1, 0.15) is 41.9 Å². The summed E-state index contributed by atoms with van der Waals surface area (Å²) in [4.78, 5) is 35.4. The third-order valence-corrected chi connectivity index (χ3v) is 5.94. The highest BCUT2D eigenvalue weighted by atomic mass is 19.1. The van der Waals surface area contributed by atoms with Gasteiger partial charge in [0.05, 0.1) is 5.69 Å². The van der Waals surface area contributed by atoms with Gasteiger partial charge in [-0.15, -0.1) is 0 Å². The molecule has 4 rings (SSSR count). The van der Waals surface area contributed by atoms with Gasteiger partial charge in [-0.2, -0.15) is 4.39 Å². The summed E-state index contributed by atoms with van der Waals surface area (Å²) in [7, 11) is 1.49. The third-order valence-electron chi connectivity index (χ3n) is 5.94. The number of benzene rings is 1. The molecular formula is C24H23F2N5O2. The Bertz CT molecular complexity index is 1300. The highest BCUT2D eigenvalue weighted by Crippen LogP contribution is 2.42. The molecule has 170 valence electrons. The van der Waals surface area contributed by atoms with Crippen molar-refractivity contribution in [3.05, 3.63) is 77.4 Å². The summed E-state index contributed by atoms with van der Waals surface area (Å²) in [5.41, 5.74) is 5.42. The maximum absolute atomic E-state index is 14.8. The van der Waals surface area contributed by atoms with E-state index in [0.29, 0.717) is 23.4 Å². The molecule has 0 saturated heterocycles. The predicted octanol–water partition coefficient (Wildman–Crippen LogP) is 3.47. The molecule has 1 atom stereocenters. The van der Waals surface area contributed by atoms with Crippen molar-refractivity contribution in [1.82, 2.24) is 14.5 Å². The number of hydrogen-bond acceptors (Lipinski definition) is 5. The molecule has 0 aliphatic carbocycles. The number of carbonyl (C=O) groups is 2. The van der Waals surface area contributed by atoms with Crippen LogP contribution < -0.4 is 5.73 Å². The van der Waals surface area contributed by atoms with Crippen LogP contribution in [0.5, 0.6) is 0 Å². The van der Waals surface area contributed by atoms with Gasteiger partial charge in [0.25, 0.3) is 5.91 Å². The van der Waals surface area contributed by atoms with E-state index in [-0.39, 0.29) is 29.3 Å². The van der Waals surface area contributed by atoms with Gasteiger partial charge in [-0.05, 0) is 42.8 Å². The third kappa shape index (κ3) is 3.40. The fraction of sp³-hybridized carbons (Fsp3) is 0.250. The second-order valence-electron chi connectivity index (χ2n) is 7.76. The van der Waals surface area contributed by atoms with Gasteiger partial charge in [-0.25, -0.2) is 14.4 Å². The maximum Gasteiger partial charge on any atom is 0.266 e. The van der Waals surface area contributed by atoms with Crippen molar-refractivity contribution in [1.29, 1.82) is 0 Å². The lowest BCUT2D eigenvalue weighted by molar-refractivity contribution is -0.129. The number of guanidine groups is 1. The van der Waals surface area contributed by atoms with Crippen LogP contribution in [-0.4, -0.2) is 39.1 Å². The van der Waals surface area contributed by atoms with Crippen LogP contribution in [0.3, 0.4) is 0 Å². The van der Waals surface area contributed by atoms with Crippen molar-refractivity contribution >= 4 is 17.6 Å². The minimum absolute atomic E-state index is 0.0222. The Morgan fingerprint density at radius 2 is 1.88 bits per heavy atom. The molecule has 2 N–H and O–H groups in total. The Hall–Kier alpha value is -3.88. The Labute approximate surface area is 189 Å². The van der Waals surface area contributed by atoms with Gasteiger partial charge < -0.3 is 10.3 Å². The molecule has 3 aromatic rings. The van der Waals surface area contributed by atoms with Gasteiger partial charge >= 0.3 is 0 Å². The van der Waals surface area contributed by atoms with E-state index in [1.165, 1.54) is 42.4 Å². The van der Waals surface area contributed by atoms with Crippen LogP contribution in [0.15, 0.2) is 53.8 Å². The number of likely N-dealkylation sites (N-methyl/N-ethyl adjacent to an activating group) is 1. The molecule has 9 heteroatoms. The van der Waals surface area contributed by atoms with Crippen LogP contribution in [0.25, 0.3) is 11.1 Å². The quantitative estimate of drug-likeness (QED) is 0.459. The highest BCUT2D eigenvalue weighted by molar-refractivity contribution is 6.09. The molecule has 2 aromatic heterocycles. The molecule has 1 aromatic carbocycles. The van der Waals surface area contributed by atoms with E-state index in [9.17, 15) is 18.4 Å². The number of pyridine rings is 1. The number of aryl methyl sites for hydroxylation is 1. The van der Waals surface area contributed by atoms with E-state index >= 15 is 0 Å². The number of ketones is 1. The average molecular weight is 451 g/mol. The molecule has 0 unspecified atom stereocenters. The number of nitrogens with two attached hydrogens (primary N) is 1. The molecule has 33 heavy (non-hydrogen) atoms. The maximum atomic E-state index is 14.8. The topological polar surface area (TPSA) is 93.6 Å². The van der Waals surface area contributed by atoms with Crippen molar-refractivity contribution in [2.24, 2.45) is 10.7 Å². The number of nitrogens with zero attached hydrogens (tertiary/aromatic N) is 4. The number of rotatable bonds is 6. The average Bonchev–Trinajstić information content (AvgIpc) is 3.35. The standard InChI is InChI=1S/C24H23F2N5O2/c1-4-20(32)19-12-15(13-31(19)5-2)24(22(33)30(3)23(27)29-24)14-8-9-18(25)17(11-14)16-7-6-10-28-21(16)26/h6-13H,4-5H2,1-3H3,(H2,27,29)/t24-/m0/s1. The second kappa shape index (κ2) is 8.23. The van der Waals surface area contributed by atoms with E-state index < -0.39 is 23.2 Å². The number of aliphatic imine (C=N–C) groups is 1. The van der Waals surface area contributed by atoms with Gasteiger partial charge in [0.1, 0.15) is 5.82 Å². The zero-order valence-electron chi connectivity index (χ0n) is 18.5. The first-order chi connectivity index (χ1) is 15.7. The van der Waals surface area contributed by atoms with Crippen molar-refractivity contribution < 1.29 is 18.4 Å². The molecule has 1 aliphatic rings. The van der Waals surface area contributed by atoms with Crippen LogP contribution in [0.4, 0.5) is 8.78 Å². The lowest BCUT2D eigenvalue weighted by atomic mass is 9.82. The number of Topliss-reactive ketones (excluding diaryl/α,β-unsaturated/α-hetero) is 1. The molecule has 0 fully saturated rings. The zero-order chi connectivity index (χ0) is 23.9. The molecule has 0 radical (unpaired) electrons. The highest BCUT2D eigenvalue weighted by Gasteiger charge is 2.50. The molecule has 7 nitrogen and oxygen atoms in total. The number of amides is 1. The van der Waals surface area contributed by atoms with Crippen molar-refractivity contribution in [3.8, 4) is 11.1 Å². The van der Waals surface area contributed by atoms with Crippen LogP contribution >= 0.6 is 0 Å². The molecule has 1 aliphatic heterocycles. The van der Waals surface area contributed by atoms with Gasteiger partial charge in [0.15, 0.2) is 17.3 Å². The Kier molecular flexibility index (Phi) is 5.57. The summed E-state index contributed by atoms with van der Waals surface area (Å²) in [6.07, 6.45) is 3.24. The molecular weight excluding hydrogens is 428 g/mol. The van der Waals surface area contributed by atoms with Crippen LogP contribution in [0, 0.1) is 11.8 Å². The van der Waals surface area contributed by atoms with E-state index in [4.69, 9.17) is 5.73 Å². The predicted molar refractivity (Wildman–Crippen MR) is 119 cm³/mol. The lowest BCUT2D eigenvalue weighted by Gasteiger charge is -2.25. The number of halogens is 2. The van der Waals surface area contributed by atoms with Crippen molar-refractivity contribution in [2.45, 2.75) is 32.4 Å². The van der Waals surface area contributed by atoms with E-state index in [1.54, 1.807) is 23.8 Å². The molecule has 1 amide bonds. The summed E-state index contributed by atoms with van der Waals surface area (Å²) in [5.74, 6) is -2.09. The fourth-order valence-electron chi connectivity index (χ4n) is 4.11. The molecule has 3 heterocycles. The SMILES string of the molecule is CCC(=O)c1cc([C@]2(c3ccc(F)c(-c4cccnc4F)c3)N=C(N)N(C)C2=O)cn1CC. The van der Waals surface area contributed by atoms with Crippen LogP contribution in [-0.2, 0) is 16.9 Å². The summed E-state index contributed by atoms with van der Waals surface area (Å²) >= 11 is 0. The van der Waals surface area contributed by atoms with Crippen LogP contribution in [0.2, 0.25) is 0 Å². The minimum Gasteiger partial charge on any atom is -0.369 e. The van der Waals surface area contributed by atoms with E-state index in [2.05, 4.69) is 9.98 Å². The summed E-state index contributed by atoms with van der Waals surface area (Å²) < 4.78 is 30.9. The largest absolute Gasteiger partial charge is 0.369 e. The van der Waals surface area contributed by atoms with Gasteiger partial charge in [0.2, 0.25) is 5.95 Å². The Morgan fingerprint density at radius 1 is 1.12 bits per heavy atom.